The Balaban J connectivity index is 2.47. The minimum Gasteiger partial charge on any atom is -0.452 e. The predicted octanol–water partition coefficient (Wildman–Crippen LogP) is -1.48. The number of carbonyl (C=O) groups is 3. The number of carbonyl (C=O) groups excluding carboxylic acids is 3. The molecule has 0 saturated carbocycles. The molecule has 1 aromatic rings. The van der Waals surface area contributed by atoms with Gasteiger partial charge in [-0.25, -0.2) is 22.9 Å². The zero-order valence-electron chi connectivity index (χ0n) is 13.4. The highest BCUT2D eigenvalue weighted by Crippen LogP contribution is 2.07. The third-order valence-electron chi connectivity index (χ3n) is 2.91. The van der Waals surface area contributed by atoms with Gasteiger partial charge < -0.3 is 15.0 Å². The lowest BCUT2D eigenvalue weighted by atomic mass is 10.3. The summed E-state index contributed by atoms with van der Waals surface area (Å²) in [7, 11) is -2.20. The molecule has 1 atom stereocenters. The number of aromatic nitrogens is 2. The van der Waals surface area contributed by atoms with Gasteiger partial charge in [0.15, 0.2) is 11.1 Å². The molecule has 0 aliphatic rings. The molecule has 0 saturated heterocycles. The smallest absolute Gasteiger partial charge is 0.318 e. The third kappa shape index (κ3) is 5.62. The van der Waals surface area contributed by atoms with E-state index < -0.39 is 34.0 Å². The molecule has 1 heterocycles. The first-order valence-electron chi connectivity index (χ1n) is 6.82. The van der Waals surface area contributed by atoms with Crippen molar-refractivity contribution in [3.63, 3.8) is 0 Å². The maximum Gasteiger partial charge on any atom is 0.318 e. The number of imidazole rings is 1. The molecular formula is C12H19N5O6S. The predicted molar refractivity (Wildman–Crippen MR) is 81.0 cm³/mol. The highest BCUT2D eigenvalue weighted by molar-refractivity contribution is 7.89. The summed E-state index contributed by atoms with van der Waals surface area (Å²) in [5.74, 6) is -1.17. The van der Waals surface area contributed by atoms with Gasteiger partial charge >= 0.3 is 12.0 Å². The van der Waals surface area contributed by atoms with E-state index in [0.717, 1.165) is 0 Å². The molecule has 11 nitrogen and oxygen atoms in total. The summed E-state index contributed by atoms with van der Waals surface area (Å²) in [5, 5.41) is 1.60. The van der Waals surface area contributed by atoms with E-state index in [0.29, 0.717) is 5.82 Å². The molecule has 1 rings (SSSR count). The van der Waals surface area contributed by atoms with Crippen molar-refractivity contribution in [1.29, 1.82) is 0 Å². The molecule has 0 bridgehead atoms. The number of amides is 3. The van der Waals surface area contributed by atoms with Crippen LogP contribution in [0.1, 0.15) is 19.2 Å². The summed E-state index contributed by atoms with van der Waals surface area (Å²) < 4.78 is 32.4. The lowest BCUT2D eigenvalue weighted by Gasteiger charge is -2.12. The van der Waals surface area contributed by atoms with Gasteiger partial charge in [0.2, 0.25) is 0 Å². The number of imide groups is 1. The lowest BCUT2D eigenvalue weighted by Crippen LogP contribution is -2.42. The fourth-order valence-electron chi connectivity index (χ4n) is 1.55. The molecule has 3 amide bonds. The largest absolute Gasteiger partial charge is 0.452 e. The molecule has 0 spiro atoms. The van der Waals surface area contributed by atoms with Crippen LogP contribution in [0.4, 0.5) is 4.79 Å². The molecule has 0 aromatic carbocycles. The molecule has 1 unspecified atom stereocenters. The number of nitrogens with one attached hydrogen (secondary N) is 2. The van der Waals surface area contributed by atoms with Crippen LogP contribution in [0.15, 0.2) is 11.2 Å². The van der Waals surface area contributed by atoms with Gasteiger partial charge in [0, 0.05) is 19.8 Å². The topological polar surface area (TPSA) is 162 Å². The Bertz CT molecular complexity index is 722. The number of esters is 1. The van der Waals surface area contributed by atoms with Crippen molar-refractivity contribution in [2.24, 2.45) is 12.8 Å². The average Bonchev–Trinajstić information content (AvgIpc) is 2.78. The van der Waals surface area contributed by atoms with Gasteiger partial charge in [0.1, 0.15) is 5.82 Å². The van der Waals surface area contributed by atoms with Gasteiger partial charge in [-0.2, -0.15) is 0 Å². The van der Waals surface area contributed by atoms with E-state index in [1.54, 1.807) is 23.9 Å². The Hall–Kier alpha value is -2.47. The quantitative estimate of drug-likeness (QED) is 0.499. The number of ether oxygens (including phenoxy) is 1. The standard InChI is InChI=1S/C12H19N5O6S/c1-7(11(19)16-12(13)20)23-10(18)4-5-14-24(21,22)9-6-17(3)8(2)15-9/h6-7,14H,4-5H2,1-3H3,(H3,13,16,19,20). The van der Waals surface area contributed by atoms with Gasteiger partial charge in [-0.3, -0.25) is 14.9 Å². The van der Waals surface area contributed by atoms with Crippen molar-refractivity contribution in [2.45, 2.75) is 31.4 Å². The minimum atomic E-state index is -3.85. The zero-order valence-corrected chi connectivity index (χ0v) is 14.2. The van der Waals surface area contributed by atoms with Crippen LogP contribution in [0.2, 0.25) is 0 Å². The Morgan fingerprint density at radius 3 is 2.54 bits per heavy atom. The number of primary amides is 1. The number of hydrogen-bond acceptors (Lipinski definition) is 7. The first-order valence-corrected chi connectivity index (χ1v) is 8.30. The van der Waals surface area contributed by atoms with E-state index in [1.807, 2.05) is 0 Å². The molecule has 0 aliphatic heterocycles. The third-order valence-corrected chi connectivity index (χ3v) is 4.24. The van der Waals surface area contributed by atoms with Crippen LogP contribution in [0.25, 0.3) is 0 Å². The monoisotopic (exact) mass is 361 g/mol. The number of rotatable bonds is 7. The van der Waals surface area contributed by atoms with Crippen LogP contribution in [0.3, 0.4) is 0 Å². The SMILES string of the molecule is Cc1nc(S(=O)(=O)NCCC(=O)OC(C)C(=O)NC(N)=O)cn1C. The zero-order chi connectivity index (χ0) is 18.5. The summed E-state index contributed by atoms with van der Waals surface area (Å²) in [6.07, 6.45) is -0.203. The summed E-state index contributed by atoms with van der Waals surface area (Å²) in [6.45, 7) is 2.66. The maximum absolute atomic E-state index is 12.0. The number of aryl methyl sites for hydroxylation is 2. The molecule has 12 heteroatoms. The van der Waals surface area contributed by atoms with E-state index in [1.165, 1.54) is 13.1 Å². The van der Waals surface area contributed by atoms with Crippen LogP contribution < -0.4 is 15.8 Å². The number of hydrogen-bond donors (Lipinski definition) is 3. The van der Waals surface area contributed by atoms with Gasteiger partial charge in [0.25, 0.3) is 15.9 Å². The molecule has 134 valence electrons. The van der Waals surface area contributed by atoms with Gasteiger partial charge in [-0.15, -0.1) is 0 Å². The fraction of sp³-hybridized carbons (Fsp3) is 0.500. The Labute approximate surface area is 138 Å². The first-order chi connectivity index (χ1) is 11.0. The Morgan fingerprint density at radius 2 is 2.04 bits per heavy atom. The van der Waals surface area contributed by atoms with E-state index >= 15 is 0 Å². The van der Waals surface area contributed by atoms with E-state index in [4.69, 9.17) is 10.5 Å². The lowest BCUT2D eigenvalue weighted by molar-refractivity contribution is -0.154. The van der Waals surface area contributed by atoms with E-state index in [9.17, 15) is 22.8 Å². The van der Waals surface area contributed by atoms with Crippen molar-refractivity contribution in [1.82, 2.24) is 19.6 Å². The molecule has 0 radical (unpaired) electrons. The van der Waals surface area contributed by atoms with Crippen LogP contribution in [-0.4, -0.2) is 48.5 Å². The van der Waals surface area contributed by atoms with Crippen LogP contribution in [-0.2, 0) is 31.4 Å². The summed E-state index contributed by atoms with van der Waals surface area (Å²) in [6, 6.07) is -1.07. The minimum absolute atomic E-state index is 0.162. The van der Waals surface area contributed by atoms with Crippen molar-refractivity contribution in [3.8, 4) is 0 Å². The second kappa shape index (κ2) is 7.88. The number of nitrogens with zero attached hydrogens (tertiary/aromatic N) is 2. The fourth-order valence-corrected chi connectivity index (χ4v) is 2.62. The Kier molecular flexibility index (Phi) is 6.42. The normalized spacial score (nSPS) is 12.5. The summed E-state index contributed by atoms with van der Waals surface area (Å²) >= 11 is 0. The highest BCUT2D eigenvalue weighted by atomic mass is 32.2. The van der Waals surface area contributed by atoms with Crippen LogP contribution >= 0.6 is 0 Å². The number of sulfonamides is 1. The number of nitrogens with two attached hydrogens (primary N) is 1. The second-order valence-corrected chi connectivity index (χ2v) is 6.58. The molecule has 0 fully saturated rings. The van der Waals surface area contributed by atoms with Gasteiger partial charge in [-0.1, -0.05) is 0 Å². The van der Waals surface area contributed by atoms with Crippen molar-refractivity contribution in [3.05, 3.63) is 12.0 Å². The molecule has 1 aromatic heterocycles. The Morgan fingerprint density at radius 1 is 1.42 bits per heavy atom. The summed E-state index contributed by atoms with van der Waals surface area (Å²) in [4.78, 5) is 37.3. The maximum atomic E-state index is 12.0. The highest BCUT2D eigenvalue weighted by Gasteiger charge is 2.21. The first kappa shape index (κ1) is 19.6. The van der Waals surface area contributed by atoms with Crippen molar-refractivity contribution < 1.29 is 27.5 Å². The van der Waals surface area contributed by atoms with Crippen LogP contribution in [0, 0.1) is 6.92 Å². The molecule has 4 N–H and O–H groups in total. The van der Waals surface area contributed by atoms with Crippen molar-refractivity contribution in [2.75, 3.05) is 6.54 Å². The van der Waals surface area contributed by atoms with Crippen molar-refractivity contribution >= 4 is 27.9 Å². The second-order valence-electron chi connectivity index (χ2n) is 4.87. The van der Waals surface area contributed by atoms with E-state index in [-0.39, 0.29) is 18.0 Å². The van der Waals surface area contributed by atoms with Gasteiger partial charge in [0.05, 0.1) is 6.42 Å². The average molecular weight is 361 g/mol. The van der Waals surface area contributed by atoms with Gasteiger partial charge in [-0.05, 0) is 13.8 Å². The summed E-state index contributed by atoms with van der Waals surface area (Å²) in [5.41, 5.74) is 4.76. The van der Waals surface area contributed by atoms with Crippen LogP contribution in [0.5, 0.6) is 0 Å². The molecule has 0 aliphatic carbocycles. The van der Waals surface area contributed by atoms with E-state index in [2.05, 4.69) is 9.71 Å². The molecule has 24 heavy (non-hydrogen) atoms. The number of urea groups is 1. The molecular weight excluding hydrogens is 342 g/mol.